The molecule has 2 aromatic carbocycles. The first-order valence-corrected chi connectivity index (χ1v) is 14.0. The molecule has 0 bridgehead atoms. The standard InChI is InChI=1S/C32H34N6O3/c1-3-29(40)38-16-15-37(20-24(38)11-13-33)31-25-12-14-36(28-10-5-9-23-8-4-7-22(2)30(23)28)21-27(25)35-32(26(31)19-34)41-18-6-17-39/h3-5,7-10,24,39H,1,6,11-12,14-18,20-21H2,2H3. The van der Waals surface area contributed by atoms with E-state index in [4.69, 9.17) is 9.72 Å². The Bertz CT molecular complexity index is 1550. The fourth-order valence-electron chi connectivity index (χ4n) is 6.04. The molecule has 41 heavy (non-hydrogen) atoms. The van der Waals surface area contributed by atoms with Crippen LogP contribution in [0.3, 0.4) is 0 Å². The van der Waals surface area contributed by atoms with Crippen LogP contribution >= 0.6 is 0 Å². The van der Waals surface area contributed by atoms with Gasteiger partial charge in [-0.2, -0.15) is 10.5 Å². The number of hydrogen-bond donors (Lipinski definition) is 1. The van der Waals surface area contributed by atoms with E-state index >= 15 is 0 Å². The fourth-order valence-corrected chi connectivity index (χ4v) is 6.04. The number of benzene rings is 2. The number of fused-ring (bicyclic) bond motifs is 2. The Morgan fingerprint density at radius 2 is 2.00 bits per heavy atom. The molecule has 1 fully saturated rings. The molecule has 9 heteroatoms. The largest absolute Gasteiger partial charge is 0.477 e. The lowest BCUT2D eigenvalue weighted by molar-refractivity contribution is -0.128. The van der Waals surface area contributed by atoms with Crippen molar-refractivity contribution < 1.29 is 14.6 Å². The highest BCUT2D eigenvalue weighted by atomic mass is 16.5. The van der Waals surface area contributed by atoms with Gasteiger partial charge in [0.25, 0.3) is 0 Å². The number of anilines is 2. The van der Waals surface area contributed by atoms with Crippen LogP contribution in [0.5, 0.6) is 5.88 Å². The van der Waals surface area contributed by atoms with Gasteiger partial charge in [-0.25, -0.2) is 4.98 Å². The molecule has 3 aromatic rings. The van der Waals surface area contributed by atoms with E-state index in [0.717, 1.165) is 29.2 Å². The topological polar surface area (TPSA) is 117 Å². The molecule has 5 rings (SSSR count). The van der Waals surface area contributed by atoms with Crippen molar-refractivity contribution in [2.45, 2.75) is 38.8 Å². The summed E-state index contributed by atoms with van der Waals surface area (Å²) in [5, 5.41) is 31.5. The molecule has 1 saturated heterocycles. The number of hydrogen-bond acceptors (Lipinski definition) is 8. The molecule has 0 spiro atoms. The number of amides is 1. The van der Waals surface area contributed by atoms with E-state index in [9.17, 15) is 20.4 Å². The molecule has 210 valence electrons. The van der Waals surface area contributed by atoms with Gasteiger partial charge in [0.15, 0.2) is 0 Å². The molecule has 1 aromatic heterocycles. The number of aliphatic hydroxyl groups is 1. The zero-order valence-electron chi connectivity index (χ0n) is 23.3. The Hall–Kier alpha value is -4.60. The number of aromatic nitrogens is 1. The molecular weight excluding hydrogens is 516 g/mol. The van der Waals surface area contributed by atoms with Crippen LogP contribution < -0.4 is 14.5 Å². The molecular formula is C32H34N6O3. The molecule has 0 radical (unpaired) electrons. The highest BCUT2D eigenvalue weighted by Crippen LogP contribution is 2.40. The third-order valence-corrected chi connectivity index (χ3v) is 7.96. The van der Waals surface area contributed by atoms with Crippen LogP contribution in [0.2, 0.25) is 0 Å². The van der Waals surface area contributed by atoms with Gasteiger partial charge in [-0.05, 0) is 36.4 Å². The highest BCUT2D eigenvalue weighted by molar-refractivity contribution is 5.97. The van der Waals surface area contributed by atoms with Crippen LogP contribution in [0, 0.1) is 29.6 Å². The number of aliphatic hydroxyl groups excluding tert-OH is 1. The van der Waals surface area contributed by atoms with Crippen LogP contribution in [0.4, 0.5) is 11.4 Å². The maximum atomic E-state index is 12.5. The Morgan fingerprint density at radius 1 is 1.20 bits per heavy atom. The number of carbonyl (C=O) groups is 1. The van der Waals surface area contributed by atoms with Gasteiger partial charge < -0.3 is 24.5 Å². The van der Waals surface area contributed by atoms with Crippen LogP contribution in [0.15, 0.2) is 49.1 Å². The Labute approximate surface area is 240 Å². The van der Waals surface area contributed by atoms with Crippen molar-refractivity contribution in [1.82, 2.24) is 9.88 Å². The predicted octanol–water partition coefficient (Wildman–Crippen LogP) is 3.86. The van der Waals surface area contributed by atoms with E-state index in [1.165, 1.54) is 22.4 Å². The molecule has 1 unspecified atom stereocenters. The van der Waals surface area contributed by atoms with Crippen molar-refractivity contribution in [3.8, 4) is 18.0 Å². The number of aryl methyl sites for hydroxylation is 1. The number of nitriles is 2. The van der Waals surface area contributed by atoms with Gasteiger partial charge in [-0.1, -0.05) is 36.9 Å². The predicted molar refractivity (Wildman–Crippen MR) is 158 cm³/mol. The van der Waals surface area contributed by atoms with E-state index in [0.29, 0.717) is 44.6 Å². The zero-order valence-corrected chi connectivity index (χ0v) is 23.3. The first-order chi connectivity index (χ1) is 20.0. The van der Waals surface area contributed by atoms with Crippen molar-refractivity contribution >= 4 is 28.1 Å². The fraction of sp³-hybridized carbons (Fsp3) is 0.375. The van der Waals surface area contributed by atoms with Crippen molar-refractivity contribution in [3.63, 3.8) is 0 Å². The minimum atomic E-state index is -0.327. The lowest BCUT2D eigenvalue weighted by Crippen LogP contribution is -2.55. The van der Waals surface area contributed by atoms with Gasteiger partial charge in [0.1, 0.15) is 11.6 Å². The molecule has 1 atom stereocenters. The summed E-state index contributed by atoms with van der Waals surface area (Å²) in [5.74, 6) is 0.0586. The second-order valence-corrected chi connectivity index (χ2v) is 10.4. The lowest BCUT2D eigenvalue weighted by Gasteiger charge is -2.43. The van der Waals surface area contributed by atoms with E-state index in [1.54, 1.807) is 4.90 Å². The maximum absolute atomic E-state index is 12.5. The number of nitrogens with zero attached hydrogens (tertiary/aromatic N) is 6. The summed E-state index contributed by atoms with van der Waals surface area (Å²) < 4.78 is 5.98. The number of piperazine rings is 1. The number of rotatable bonds is 8. The molecule has 2 aliphatic rings. The van der Waals surface area contributed by atoms with Crippen LogP contribution in [0.25, 0.3) is 10.8 Å². The molecule has 1 amide bonds. The third kappa shape index (κ3) is 5.41. The van der Waals surface area contributed by atoms with Crippen LogP contribution in [0.1, 0.15) is 35.2 Å². The van der Waals surface area contributed by atoms with Gasteiger partial charge in [-0.15, -0.1) is 0 Å². The van der Waals surface area contributed by atoms with Crippen LogP contribution in [-0.2, 0) is 17.8 Å². The minimum absolute atomic E-state index is 0.0248. The smallest absolute Gasteiger partial charge is 0.246 e. The number of carbonyl (C=O) groups excluding carboxylic acids is 1. The summed E-state index contributed by atoms with van der Waals surface area (Å²) in [6, 6.07) is 16.9. The lowest BCUT2D eigenvalue weighted by atomic mass is 9.95. The molecule has 0 aliphatic carbocycles. The molecule has 2 aliphatic heterocycles. The zero-order chi connectivity index (χ0) is 28.9. The molecule has 3 heterocycles. The molecule has 0 saturated carbocycles. The first-order valence-electron chi connectivity index (χ1n) is 14.0. The summed E-state index contributed by atoms with van der Waals surface area (Å²) in [5.41, 5.74) is 5.34. The average Bonchev–Trinajstić information content (AvgIpc) is 3.00. The maximum Gasteiger partial charge on any atom is 0.246 e. The normalized spacial score (nSPS) is 16.6. The minimum Gasteiger partial charge on any atom is -0.477 e. The number of ether oxygens (including phenoxy) is 1. The Kier molecular flexibility index (Phi) is 8.37. The summed E-state index contributed by atoms with van der Waals surface area (Å²) in [4.78, 5) is 23.5. The molecule has 1 N–H and O–H groups in total. The van der Waals surface area contributed by atoms with Crippen molar-refractivity contribution in [1.29, 1.82) is 10.5 Å². The monoisotopic (exact) mass is 550 g/mol. The van der Waals surface area contributed by atoms with Crippen molar-refractivity contribution in [3.05, 3.63) is 71.4 Å². The molecule has 9 nitrogen and oxygen atoms in total. The third-order valence-electron chi connectivity index (χ3n) is 7.96. The first kappa shape index (κ1) is 27.9. The van der Waals surface area contributed by atoms with Gasteiger partial charge >= 0.3 is 0 Å². The quantitative estimate of drug-likeness (QED) is 0.332. The second kappa shape index (κ2) is 12.3. The van der Waals surface area contributed by atoms with Gasteiger partial charge in [0.2, 0.25) is 11.8 Å². The SMILES string of the molecule is C=CC(=O)N1CCN(c2c(C#N)c(OCCCO)nc3c2CCN(c2cccc4cccc(C)c24)C3)CC1CC#N. The highest BCUT2D eigenvalue weighted by Gasteiger charge is 2.35. The summed E-state index contributed by atoms with van der Waals surface area (Å²) in [6.45, 7) is 8.60. The summed E-state index contributed by atoms with van der Waals surface area (Å²) in [6.07, 6.45) is 2.57. The van der Waals surface area contributed by atoms with E-state index in [1.807, 2.05) is 0 Å². The summed E-state index contributed by atoms with van der Waals surface area (Å²) >= 11 is 0. The Balaban J connectivity index is 1.57. The van der Waals surface area contributed by atoms with Crippen molar-refractivity contribution in [2.24, 2.45) is 0 Å². The second-order valence-electron chi connectivity index (χ2n) is 10.4. The van der Waals surface area contributed by atoms with E-state index in [-0.39, 0.29) is 37.5 Å². The van der Waals surface area contributed by atoms with Crippen LogP contribution in [-0.4, -0.2) is 66.3 Å². The summed E-state index contributed by atoms with van der Waals surface area (Å²) in [7, 11) is 0. The average molecular weight is 551 g/mol. The van der Waals surface area contributed by atoms with Gasteiger partial charge in [-0.3, -0.25) is 4.79 Å². The van der Waals surface area contributed by atoms with E-state index in [2.05, 4.69) is 71.8 Å². The number of pyridine rings is 1. The van der Waals surface area contributed by atoms with Crippen molar-refractivity contribution in [2.75, 3.05) is 49.2 Å². The van der Waals surface area contributed by atoms with Gasteiger partial charge in [0, 0.05) is 55.8 Å². The Morgan fingerprint density at radius 3 is 2.73 bits per heavy atom. The van der Waals surface area contributed by atoms with Gasteiger partial charge in [0.05, 0.1) is 43.1 Å². The van der Waals surface area contributed by atoms with E-state index < -0.39 is 0 Å².